The summed E-state index contributed by atoms with van der Waals surface area (Å²) in [4.78, 5) is 2.12. The zero-order chi connectivity index (χ0) is 10.4. The Morgan fingerprint density at radius 3 is 2.93 bits per heavy atom. The highest BCUT2D eigenvalue weighted by Gasteiger charge is 2.09. The van der Waals surface area contributed by atoms with E-state index in [0.29, 0.717) is 17.3 Å². The molecule has 0 aromatic carbocycles. The van der Waals surface area contributed by atoms with Gasteiger partial charge in [0.15, 0.2) is 0 Å². The van der Waals surface area contributed by atoms with Crippen molar-refractivity contribution in [3.05, 3.63) is 10.0 Å². The minimum Gasteiger partial charge on any atom is -0.297 e. The average molecular weight is 231 g/mol. The second-order valence-corrected chi connectivity index (χ2v) is 4.13. The molecule has 6 heteroatoms. The van der Waals surface area contributed by atoms with Crippen molar-refractivity contribution in [3.63, 3.8) is 0 Å². The monoisotopic (exact) mass is 230 g/mol. The van der Waals surface area contributed by atoms with Gasteiger partial charge in [0.05, 0.1) is 6.07 Å². The Balaban J connectivity index is 2.49. The summed E-state index contributed by atoms with van der Waals surface area (Å²) in [5.41, 5.74) is 0.802. The van der Waals surface area contributed by atoms with Crippen molar-refractivity contribution in [1.82, 2.24) is 14.5 Å². The molecule has 0 N–H and O–H groups in total. The van der Waals surface area contributed by atoms with Crippen LogP contribution in [0.15, 0.2) is 0 Å². The van der Waals surface area contributed by atoms with Crippen LogP contribution < -0.4 is 0 Å². The van der Waals surface area contributed by atoms with E-state index in [4.69, 9.17) is 16.9 Å². The summed E-state index contributed by atoms with van der Waals surface area (Å²) in [6.07, 6.45) is 0.531. The smallest absolute Gasteiger partial charge is 0.138 e. The molecule has 0 unspecified atom stereocenters. The number of halogens is 1. The lowest BCUT2D eigenvalue weighted by atomic mass is 10.3. The van der Waals surface area contributed by atoms with Crippen molar-refractivity contribution in [2.45, 2.75) is 19.9 Å². The fourth-order valence-corrected chi connectivity index (χ4v) is 1.67. The van der Waals surface area contributed by atoms with Gasteiger partial charge in [-0.3, -0.25) is 4.90 Å². The van der Waals surface area contributed by atoms with Gasteiger partial charge in [0.2, 0.25) is 0 Å². The zero-order valence-corrected chi connectivity index (χ0v) is 9.48. The molecule has 1 rings (SSSR count). The Hall–Kier alpha value is -0.700. The van der Waals surface area contributed by atoms with Crippen molar-refractivity contribution in [2.75, 3.05) is 13.1 Å². The third-order valence-corrected chi connectivity index (χ3v) is 2.85. The van der Waals surface area contributed by atoms with Crippen molar-refractivity contribution in [1.29, 1.82) is 5.26 Å². The first-order chi connectivity index (χ1) is 6.77. The van der Waals surface area contributed by atoms with Crippen LogP contribution in [0.1, 0.15) is 19.0 Å². The molecule has 1 aromatic rings. The van der Waals surface area contributed by atoms with Gasteiger partial charge in [-0.25, -0.2) is 0 Å². The molecule has 0 aliphatic rings. The van der Waals surface area contributed by atoms with E-state index in [2.05, 4.69) is 20.6 Å². The predicted molar refractivity (Wildman–Crippen MR) is 56.1 cm³/mol. The van der Waals surface area contributed by atoms with Gasteiger partial charge in [-0.1, -0.05) is 23.0 Å². The number of rotatable bonds is 5. The van der Waals surface area contributed by atoms with Crippen LogP contribution >= 0.6 is 23.1 Å². The van der Waals surface area contributed by atoms with Gasteiger partial charge in [0.25, 0.3) is 0 Å². The van der Waals surface area contributed by atoms with E-state index in [-0.39, 0.29) is 0 Å². The molecule has 0 amide bonds. The Labute approximate surface area is 92.3 Å². The molecule has 0 saturated heterocycles. The molecule has 14 heavy (non-hydrogen) atoms. The summed E-state index contributed by atoms with van der Waals surface area (Å²) in [5, 5.41) is 12.4. The van der Waals surface area contributed by atoms with Crippen molar-refractivity contribution in [3.8, 4) is 6.07 Å². The van der Waals surface area contributed by atoms with Crippen LogP contribution in [-0.4, -0.2) is 27.6 Å². The van der Waals surface area contributed by atoms with Crippen LogP contribution in [0.25, 0.3) is 0 Å². The molecule has 0 aliphatic heterocycles. The van der Waals surface area contributed by atoms with Gasteiger partial charge in [-0.2, -0.15) is 5.26 Å². The maximum Gasteiger partial charge on any atom is 0.138 e. The highest BCUT2D eigenvalue weighted by Crippen LogP contribution is 2.18. The topological polar surface area (TPSA) is 52.8 Å². The van der Waals surface area contributed by atoms with Gasteiger partial charge < -0.3 is 0 Å². The Bertz CT molecular complexity index is 319. The summed E-state index contributed by atoms with van der Waals surface area (Å²) in [6.45, 7) is 4.36. The molecule has 0 fully saturated rings. The molecular formula is C8H11ClN4S. The maximum atomic E-state index is 8.46. The van der Waals surface area contributed by atoms with E-state index >= 15 is 0 Å². The fraction of sp³-hybridized carbons (Fsp3) is 0.625. The first kappa shape index (κ1) is 11.4. The summed E-state index contributed by atoms with van der Waals surface area (Å²) < 4.78 is 4.40. The molecule has 0 aliphatic carbocycles. The first-order valence-corrected chi connectivity index (χ1v) is 5.49. The summed E-state index contributed by atoms with van der Waals surface area (Å²) in [7, 11) is 0. The standard InChI is InChI=1S/C8H11ClN4S/c1-2-13(5-3-4-10)6-7-8(9)14-12-11-7/h2-3,5-6H2,1H3. The Kier molecular flexibility index (Phi) is 4.80. The van der Waals surface area contributed by atoms with Gasteiger partial charge in [-0.15, -0.1) is 5.10 Å². The molecule has 0 radical (unpaired) electrons. The summed E-state index contributed by atoms with van der Waals surface area (Å²) in [5.74, 6) is 0. The van der Waals surface area contributed by atoms with Crippen LogP contribution in [0.5, 0.6) is 0 Å². The third-order valence-electron chi connectivity index (χ3n) is 1.87. The number of hydrogen-bond donors (Lipinski definition) is 0. The van der Waals surface area contributed by atoms with E-state index in [1.807, 2.05) is 6.92 Å². The van der Waals surface area contributed by atoms with Gasteiger partial charge in [-0.05, 0) is 6.54 Å². The van der Waals surface area contributed by atoms with E-state index in [9.17, 15) is 0 Å². The van der Waals surface area contributed by atoms with E-state index in [0.717, 1.165) is 18.8 Å². The molecule has 1 aromatic heterocycles. The van der Waals surface area contributed by atoms with E-state index in [1.54, 1.807) is 0 Å². The Morgan fingerprint density at radius 2 is 2.43 bits per heavy atom. The molecule has 0 saturated carbocycles. The largest absolute Gasteiger partial charge is 0.297 e. The highest BCUT2D eigenvalue weighted by molar-refractivity contribution is 7.10. The molecule has 0 atom stereocenters. The number of nitriles is 1. The molecule has 0 spiro atoms. The maximum absolute atomic E-state index is 8.46. The van der Waals surface area contributed by atoms with Gasteiger partial charge in [0.1, 0.15) is 10.0 Å². The molecule has 76 valence electrons. The molecule has 1 heterocycles. The lowest BCUT2D eigenvalue weighted by Crippen LogP contribution is -2.24. The van der Waals surface area contributed by atoms with Crippen LogP contribution in [0.4, 0.5) is 0 Å². The number of aromatic nitrogens is 2. The third kappa shape index (κ3) is 3.22. The zero-order valence-electron chi connectivity index (χ0n) is 7.90. The number of nitrogens with zero attached hydrogens (tertiary/aromatic N) is 4. The van der Waals surface area contributed by atoms with Crippen molar-refractivity contribution in [2.24, 2.45) is 0 Å². The normalized spacial score (nSPS) is 10.4. The van der Waals surface area contributed by atoms with Crippen LogP contribution in [0.2, 0.25) is 4.34 Å². The second-order valence-electron chi connectivity index (χ2n) is 2.77. The minimum atomic E-state index is 0.531. The Morgan fingerprint density at radius 1 is 1.64 bits per heavy atom. The molecule has 4 nitrogen and oxygen atoms in total. The molecule has 0 bridgehead atoms. The van der Waals surface area contributed by atoms with E-state index in [1.165, 1.54) is 11.5 Å². The summed E-state index contributed by atoms with van der Waals surface area (Å²) in [6, 6.07) is 2.12. The molecular weight excluding hydrogens is 220 g/mol. The van der Waals surface area contributed by atoms with Gasteiger partial charge in [0, 0.05) is 31.0 Å². The second kappa shape index (κ2) is 5.91. The average Bonchev–Trinajstić information content (AvgIpc) is 2.59. The lowest BCUT2D eigenvalue weighted by molar-refractivity contribution is 0.283. The van der Waals surface area contributed by atoms with Crippen LogP contribution in [0, 0.1) is 11.3 Å². The first-order valence-electron chi connectivity index (χ1n) is 4.34. The fourth-order valence-electron chi connectivity index (χ4n) is 1.06. The van der Waals surface area contributed by atoms with Crippen LogP contribution in [0.3, 0.4) is 0 Å². The predicted octanol–water partition coefficient (Wildman–Crippen LogP) is 1.93. The highest BCUT2D eigenvalue weighted by atomic mass is 35.5. The van der Waals surface area contributed by atoms with E-state index < -0.39 is 0 Å². The van der Waals surface area contributed by atoms with Crippen LogP contribution in [-0.2, 0) is 6.54 Å². The number of hydrogen-bond acceptors (Lipinski definition) is 5. The van der Waals surface area contributed by atoms with Crippen molar-refractivity contribution < 1.29 is 0 Å². The van der Waals surface area contributed by atoms with Crippen molar-refractivity contribution >= 4 is 23.1 Å². The SMILES string of the molecule is CCN(CCC#N)Cc1nnsc1Cl. The summed E-state index contributed by atoms with van der Waals surface area (Å²) >= 11 is 7.07. The lowest BCUT2D eigenvalue weighted by Gasteiger charge is -2.16. The minimum absolute atomic E-state index is 0.531. The quantitative estimate of drug-likeness (QED) is 0.776. The van der Waals surface area contributed by atoms with Gasteiger partial charge >= 0.3 is 0 Å².